The number of ether oxygens (including phenoxy) is 3. The fourth-order valence-electron chi connectivity index (χ4n) is 9.06. The molecule has 3 aliphatic rings. The SMILES string of the molecule is CC(C(=N)c1ccc(N2c3ccccc3Oc3ccccc32)cc1)c1ccc(N2c3ccccc3Oc3ccccc32)cc1.CNC(N)c1ccc(N2c3ccccc3Oc3ccccc32)cc1. The molecule has 0 amide bonds. The minimum absolute atomic E-state index is 0.0796. The third-order valence-corrected chi connectivity index (χ3v) is 12.6. The number of nitrogens with zero attached hydrogens (tertiary/aromatic N) is 3. The Kier molecular flexibility index (Phi) is 11.1. The molecule has 3 aliphatic heterocycles. The van der Waals surface area contributed by atoms with E-state index in [4.69, 9.17) is 25.4 Å². The van der Waals surface area contributed by atoms with Crippen molar-refractivity contribution in [3.8, 4) is 34.5 Å². The molecule has 2 unspecified atom stereocenters. The Labute approximate surface area is 396 Å². The van der Waals surface area contributed by atoms with Crippen molar-refractivity contribution in [3.05, 3.63) is 235 Å². The summed E-state index contributed by atoms with van der Waals surface area (Å²) in [5, 5.41) is 12.2. The van der Waals surface area contributed by atoms with Gasteiger partial charge in [-0.05, 0) is 133 Å². The van der Waals surface area contributed by atoms with Gasteiger partial charge in [-0.2, -0.15) is 0 Å². The van der Waals surface area contributed by atoms with Crippen molar-refractivity contribution in [3.63, 3.8) is 0 Å². The van der Waals surface area contributed by atoms with Crippen LogP contribution in [0.15, 0.2) is 218 Å². The van der Waals surface area contributed by atoms with Gasteiger partial charge in [-0.1, -0.05) is 116 Å². The quantitative estimate of drug-likeness (QED) is 0.102. The number of rotatable bonds is 8. The van der Waals surface area contributed by atoms with E-state index in [0.29, 0.717) is 5.71 Å². The lowest BCUT2D eigenvalue weighted by Crippen LogP contribution is -2.24. The van der Waals surface area contributed by atoms with Gasteiger partial charge in [0.2, 0.25) is 0 Å². The first-order chi connectivity index (χ1) is 33.4. The predicted molar refractivity (Wildman–Crippen MR) is 275 cm³/mol. The van der Waals surface area contributed by atoms with Crippen molar-refractivity contribution in [1.29, 1.82) is 5.41 Å². The van der Waals surface area contributed by atoms with Gasteiger partial charge in [-0.25, -0.2) is 0 Å². The molecule has 4 N–H and O–H groups in total. The molecule has 9 aromatic carbocycles. The third-order valence-electron chi connectivity index (χ3n) is 12.6. The molecule has 0 aliphatic carbocycles. The highest BCUT2D eigenvalue weighted by Crippen LogP contribution is 2.53. The molecule has 0 bridgehead atoms. The van der Waals surface area contributed by atoms with Gasteiger partial charge < -0.3 is 45.4 Å². The summed E-state index contributed by atoms with van der Waals surface area (Å²) in [5.41, 5.74) is 18.9. The number of para-hydroxylation sites is 12. The van der Waals surface area contributed by atoms with Crippen LogP contribution >= 0.6 is 0 Å². The summed E-state index contributed by atoms with van der Waals surface area (Å²) in [7, 11) is 1.85. The van der Waals surface area contributed by atoms with Crippen LogP contribution in [0, 0.1) is 5.41 Å². The Morgan fingerprint density at radius 1 is 0.397 bits per heavy atom. The van der Waals surface area contributed by atoms with Crippen molar-refractivity contribution >= 4 is 56.9 Å². The summed E-state index contributed by atoms with van der Waals surface area (Å²) < 4.78 is 18.4. The van der Waals surface area contributed by atoms with Crippen LogP contribution < -0.4 is 40.0 Å². The second kappa shape index (κ2) is 18.0. The first-order valence-electron chi connectivity index (χ1n) is 22.7. The van der Waals surface area contributed by atoms with E-state index < -0.39 is 0 Å². The van der Waals surface area contributed by atoms with Crippen LogP contribution in [-0.2, 0) is 0 Å². The zero-order chi connectivity index (χ0) is 46.1. The predicted octanol–water partition coefficient (Wildman–Crippen LogP) is 15.4. The molecule has 2 atom stereocenters. The summed E-state index contributed by atoms with van der Waals surface area (Å²) in [6, 6.07) is 73.6. The molecule has 9 aromatic rings. The number of nitrogens with one attached hydrogen (secondary N) is 2. The van der Waals surface area contributed by atoms with Gasteiger partial charge in [0.25, 0.3) is 0 Å². The van der Waals surface area contributed by atoms with E-state index in [2.05, 4.69) is 124 Å². The van der Waals surface area contributed by atoms with E-state index >= 15 is 0 Å². The molecule has 68 heavy (non-hydrogen) atoms. The summed E-state index contributed by atoms with van der Waals surface area (Å²) in [4.78, 5) is 6.66. The number of hydrogen-bond acceptors (Lipinski definition) is 9. The average molecular weight is 889 g/mol. The molecular formula is C59H48N6O3. The monoisotopic (exact) mass is 888 g/mol. The van der Waals surface area contributed by atoms with Gasteiger partial charge in [0, 0.05) is 28.7 Å². The van der Waals surface area contributed by atoms with E-state index in [0.717, 1.165) is 102 Å². The maximum absolute atomic E-state index is 9.10. The molecule has 0 fully saturated rings. The fourth-order valence-corrected chi connectivity index (χ4v) is 9.06. The first-order valence-corrected chi connectivity index (χ1v) is 22.7. The van der Waals surface area contributed by atoms with Crippen LogP contribution in [0.25, 0.3) is 0 Å². The highest BCUT2D eigenvalue weighted by atomic mass is 16.5. The molecule has 332 valence electrons. The molecule has 12 rings (SSSR count). The highest BCUT2D eigenvalue weighted by Gasteiger charge is 2.28. The molecule has 0 aromatic heterocycles. The van der Waals surface area contributed by atoms with Gasteiger partial charge in [-0.15, -0.1) is 0 Å². The summed E-state index contributed by atoms with van der Waals surface area (Å²) in [6.07, 6.45) is -0.164. The smallest absolute Gasteiger partial charge is 0.151 e. The van der Waals surface area contributed by atoms with Crippen molar-refractivity contribution < 1.29 is 14.2 Å². The minimum Gasteiger partial charge on any atom is -0.453 e. The molecule has 9 heteroatoms. The number of anilines is 9. The highest BCUT2D eigenvalue weighted by molar-refractivity contribution is 6.03. The average Bonchev–Trinajstić information content (AvgIpc) is 3.40. The maximum Gasteiger partial charge on any atom is 0.151 e. The minimum atomic E-state index is -0.164. The number of benzene rings is 9. The summed E-state index contributed by atoms with van der Waals surface area (Å²) in [6.45, 7) is 2.10. The Hall–Kier alpha value is -8.63. The van der Waals surface area contributed by atoms with E-state index in [1.165, 1.54) is 0 Å². The van der Waals surface area contributed by atoms with Gasteiger partial charge in [0.15, 0.2) is 34.5 Å². The molecule has 0 radical (unpaired) electrons. The Balaban J connectivity index is 0.000000178. The number of fused-ring (bicyclic) bond motifs is 6. The van der Waals surface area contributed by atoms with Crippen molar-refractivity contribution in [2.24, 2.45) is 5.73 Å². The Bertz CT molecular complexity index is 3150. The second-order valence-electron chi connectivity index (χ2n) is 16.8. The molecule has 0 spiro atoms. The summed E-state index contributed by atoms with van der Waals surface area (Å²) in [5.74, 6) is 4.94. The largest absolute Gasteiger partial charge is 0.453 e. The van der Waals surface area contributed by atoms with E-state index in [1.807, 2.05) is 128 Å². The zero-order valence-corrected chi connectivity index (χ0v) is 37.6. The van der Waals surface area contributed by atoms with Gasteiger partial charge in [-0.3, -0.25) is 0 Å². The van der Waals surface area contributed by atoms with Gasteiger partial charge in [0.1, 0.15) is 0 Å². The van der Waals surface area contributed by atoms with E-state index in [9.17, 15) is 0 Å². The van der Waals surface area contributed by atoms with Crippen molar-refractivity contribution in [2.75, 3.05) is 21.7 Å². The van der Waals surface area contributed by atoms with E-state index in [-0.39, 0.29) is 12.1 Å². The summed E-state index contributed by atoms with van der Waals surface area (Å²) >= 11 is 0. The van der Waals surface area contributed by atoms with Crippen LogP contribution in [0.3, 0.4) is 0 Å². The van der Waals surface area contributed by atoms with Gasteiger partial charge in [0.05, 0.1) is 40.3 Å². The number of hydrogen-bond donors (Lipinski definition) is 3. The second-order valence-corrected chi connectivity index (χ2v) is 16.8. The molecule has 3 heterocycles. The molecular weight excluding hydrogens is 841 g/mol. The van der Waals surface area contributed by atoms with E-state index in [1.54, 1.807) is 0 Å². The maximum atomic E-state index is 9.10. The molecule has 0 saturated carbocycles. The third kappa shape index (κ3) is 7.75. The van der Waals surface area contributed by atoms with Crippen molar-refractivity contribution in [1.82, 2.24) is 5.32 Å². The topological polar surface area (TPSA) is 99.3 Å². The normalized spacial score (nSPS) is 13.5. The lowest BCUT2D eigenvalue weighted by atomic mass is 9.91. The lowest BCUT2D eigenvalue weighted by molar-refractivity contribution is 0.476. The van der Waals surface area contributed by atoms with Crippen LogP contribution in [0.2, 0.25) is 0 Å². The van der Waals surface area contributed by atoms with Crippen LogP contribution in [0.4, 0.5) is 51.2 Å². The Morgan fingerprint density at radius 2 is 0.662 bits per heavy atom. The van der Waals surface area contributed by atoms with Crippen LogP contribution in [-0.4, -0.2) is 12.8 Å². The van der Waals surface area contributed by atoms with Crippen LogP contribution in [0.1, 0.15) is 35.7 Å². The molecule has 0 saturated heterocycles. The standard InChI is InChI=1S/C39H29N3O2.C20H19N3O/c1-26(27-18-22-29(23-19-27)41-31-10-2-6-14-35(31)43-36-15-7-3-11-32(36)41)39(40)28-20-24-30(25-21-28)42-33-12-4-8-16-37(33)44-38-17-9-5-13-34(38)42;1-22-20(21)14-10-12-15(13-11-14)23-16-6-2-4-8-18(16)24-19-9-5-3-7-17(19)23/h2-26,40H,1H3;2-13,20,22H,21H2,1H3. The first kappa shape index (κ1) is 42.0. The van der Waals surface area contributed by atoms with Crippen molar-refractivity contribution in [2.45, 2.75) is 19.0 Å². The van der Waals surface area contributed by atoms with Crippen LogP contribution in [0.5, 0.6) is 34.5 Å². The molecule has 9 nitrogen and oxygen atoms in total. The fraction of sp³-hybridized carbons (Fsp3) is 0.0678. The lowest BCUT2D eigenvalue weighted by Gasteiger charge is -2.33. The Morgan fingerprint density at radius 3 is 0.956 bits per heavy atom. The zero-order valence-electron chi connectivity index (χ0n) is 37.6. The number of nitrogens with two attached hydrogens (primary N) is 1. The van der Waals surface area contributed by atoms with Gasteiger partial charge >= 0.3 is 0 Å².